The van der Waals surface area contributed by atoms with Crippen LogP contribution in [0.4, 0.5) is 5.69 Å². The number of rotatable bonds is 5. The van der Waals surface area contributed by atoms with Gasteiger partial charge in [-0.2, -0.15) is 0 Å². The summed E-state index contributed by atoms with van der Waals surface area (Å²) in [6.07, 6.45) is 2.42. The fourth-order valence-corrected chi connectivity index (χ4v) is 3.24. The molecule has 0 aromatic heterocycles. The minimum absolute atomic E-state index is 0.0507. The molecule has 3 rings (SSSR count). The Morgan fingerprint density at radius 2 is 1.70 bits per heavy atom. The van der Waals surface area contributed by atoms with Gasteiger partial charge in [0.05, 0.1) is 16.3 Å². The molecule has 0 saturated carbocycles. The van der Waals surface area contributed by atoms with Crippen molar-refractivity contribution in [2.75, 3.05) is 18.4 Å². The average Bonchev–Trinajstić information content (AvgIpc) is 2.70. The summed E-state index contributed by atoms with van der Waals surface area (Å²) in [6, 6.07) is 14.1. The van der Waals surface area contributed by atoms with Gasteiger partial charge >= 0.3 is 0 Å². The second-order valence-corrected chi connectivity index (χ2v) is 6.99. The summed E-state index contributed by atoms with van der Waals surface area (Å²) in [5, 5.41) is 3.26. The first-order valence-corrected chi connectivity index (χ1v) is 9.54. The van der Waals surface area contributed by atoms with Crippen LogP contribution in [-0.2, 0) is 4.79 Å². The largest absolute Gasteiger partial charge is 0.479 e. The number of nitrogens with one attached hydrogen (secondary N) is 1. The average molecular weight is 387 g/mol. The van der Waals surface area contributed by atoms with Gasteiger partial charge in [-0.25, -0.2) is 0 Å². The Balaban J connectivity index is 1.70. The summed E-state index contributed by atoms with van der Waals surface area (Å²) in [7, 11) is 0. The molecule has 6 heteroatoms. The molecule has 0 unspecified atom stereocenters. The zero-order valence-electron chi connectivity index (χ0n) is 15.3. The summed E-state index contributed by atoms with van der Waals surface area (Å²) in [5.74, 6) is 0.0542. The standard InChI is InChI=1S/C21H23ClN2O3/c1-15(27-19-12-6-4-10-17(19)22)20(25)23-18-11-5-3-9-16(18)21(26)24-13-7-2-8-14-24/h3-6,9-12,15H,2,7-8,13-14H2,1H3,(H,23,25)/t15-/m1/s1. The SMILES string of the molecule is C[C@@H](Oc1ccccc1Cl)C(=O)Nc1ccccc1C(=O)N1CCCCC1. The van der Waals surface area contributed by atoms with E-state index in [2.05, 4.69) is 5.32 Å². The monoisotopic (exact) mass is 386 g/mol. The van der Waals surface area contributed by atoms with Crippen molar-refractivity contribution < 1.29 is 14.3 Å². The van der Waals surface area contributed by atoms with E-state index in [1.807, 2.05) is 4.90 Å². The first kappa shape index (κ1) is 19.2. The number of benzene rings is 2. The zero-order valence-corrected chi connectivity index (χ0v) is 16.0. The number of carbonyl (C=O) groups is 2. The van der Waals surface area contributed by atoms with E-state index in [9.17, 15) is 9.59 Å². The van der Waals surface area contributed by atoms with Gasteiger partial charge in [0.25, 0.3) is 11.8 Å². The molecule has 1 N–H and O–H groups in total. The molecule has 1 heterocycles. The van der Waals surface area contributed by atoms with E-state index in [1.165, 1.54) is 0 Å². The van der Waals surface area contributed by atoms with Gasteiger partial charge < -0.3 is 15.0 Å². The molecule has 0 spiro atoms. The molecule has 2 amide bonds. The second-order valence-electron chi connectivity index (χ2n) is 6.58. The molecule has 142 valence electrons. The molecule has 0 aliphatic carbocycles. The third-order valence-corrected chi connectivity index (χ3v) is 4.88. The lowest BCUT2D eigenvalue weighted by Crippen LogP contribution is -2.36. The van der Waals surface area contributed by atoms with Crippen molar-refractivity contribution in [3.8, 4) is 5.75 Å². The minimum atomic E-state index is -0.761. The van der Waals surface area contributed by atoms with Crippen molar-refractivity contribution >= 4 is 29.1 Å². The van der Waals surface area contributed by atoms with E-state index in [0.29, 0.717) is 22.0 Å². The molecule has 2 aromatic rings. The highest BCUT2D eigenvalue weighted by Crippen LogP contribution is 2.25. The number of hydrogen-bond acceptors (Lipinski definition) is 3. The molecule has 0 bridgehead atoms. The highest BCUT2D eigenvalue weighted by Gasteiger charge is 2.23. The molecule has 1 aliphatic rings. The van der Waals surface area contributed by atoms with Crippen LogP contribution in [0.2, 0.25) is 5.02 Å². The van der Waals surface area contributed by atoms with Crippen molar-refractivity contribution in [2.24, 2.45) is 0 Å². The smallest absolute Gasteiger partial charge is 0.265 e. The predicted octanol–water partition coefficient (Wildman–Crippen LogP) is 4.37. The molecule has 1 saturated heterocycles. The first-order chi connectivity index (χ1) is 13.1. The zero-order chi connectivity index (χ0) is 19.2. The number of hydrogen-bond donors (Lipinski definition) is 1. The van der Waals surface area contributed by atoms with Crippen LogP contribution in [0.25, 0.3) is 0 Å². The number of amides is 2. The van der Waals surface area contributed by atoms with Crippen LogP contribution in [-0.4, -0.2) is 35.9 Å². The summed E-state index contributed by atoms with van der Waals surface area (Å²) in [4.78, 5) is 27.3. The summed E-state index contributed by atoms with van der Waals surface area (Å²) in [6.45, 7) is 3.16. The maximum absolute atomic E-state index is 12.8. The molecular formula is C21H23ClN2O3. The topological polar surface area (TPSA) is 58.6 Å². The minimum Gasteiger partial charge on any atom is -0.479 e. The van der Waals surface area contributed by atoms with Gasteiger partial charge in [0.2, 0.25) is 0 Å². The van der Waals surface area contributed by atoms with Gasteiger partial charge in [0.15, 0.2) is 6.10 Å². The van der Waals surface area contributed by atoms with Gasteiger partial charge in [0, 0.05) is 13.1 Å². The van der Waals surface area contributed by atoms with Gasteiger partial charge in [0.1, 0.15) is 5.75 Å². The Morgan fingerprint density at radius 3 is 2.44 bits per heavy atom. The number of para-hydroxylation sites is 2. The molecule has 5 nitrogen and oxygen atoms in total. The number of ether oxygens (including phenoxy) is 1. The van der Waals surface area contributed by atoms with Crippen molar-refractivity contribution in [2.45, 2.75) is 32.3 Å². The molecule has 2 aromatic carbocycles. The highest BCUT2D eigenvalue weighted by molar-refractivity contribution is 6.32. The van der Waals surface area contributed by atoms with E-state index in [1.54, 1.807) is 55.5 Å². The first-order valence-electron chi connectivity index (χ1n) is 9.16. The fraction of sp³-hybridized carbons (Fsp3) is 0.333. The maximum Gasteiger partial charge on any atom is 0.265 e. The van der Waals surface area contributed by atoms with Crippen LogP contribution in [0.15, 0.2) is 48.5 Å². The third-order valence-electron chi connectivity index (χ3n) is 4.57. The molecule has 27 heavy (non-hydrogen) atoms. The Bertz CT molecular complexity index is 819. The van der Waals surface area contributed by atoms with E-state index >= 15 is 0 Å². The number of likely N-dealkylation sites (tertiary alicyclic amines) is 1. The van der Waals surface area contributed by atoms with Crippen LogP contribution in [0, 0.1) is 0 Å². The molecule has 1 fully saturated rings. The molecular weight excluding hydrogens is 364 g/mol. The predicted molar refractivity (Wildman–Crippen MR) is 106 cm³/mol. The van der Waals surface area contributed by atoms with E-state index in [4.69, 9.17) is 16.3 Å². The highest BCUT2D eigenvalue weighted by atomic mass is 35.5. The molecule has 0 radical (unpaired) electrons. The number of anilines is 1. The lowest BCUT2D eigenvalue weighted by molar-refractivity contribution is -0.122. The lowest BCUT2D eigenvalue weighted by Gasteiger charge is -2.27. The van der Waals surface area contributed by atoms with Gasteiger partial charge in [-0.1, -0.05) is 35.9 Å². The van der Waals surface area contributed by atoms with Crippen molar-refractivity contribution in [1.82, 2.24) is 4.90 Å². The van der Waals surface area contributed by atoms with Crippen LogP contribution >= 0.6 is 11.6 Å². The van der Waals surface area contributed by atoms with Gasteiger partial charge in [-0.15, -0.1) is 0 Å². The summed E-state index contributed by atoms with van der Waals surface area (Å²) >= 11 is 6.08. The van der Waals surface area contributed by atoms with E-state index in [-0.39, 0.29) is 11.8 Å². The van der Waals surface area contributed by atoms with Crippen LogP contribution < -0.4 is 10.1 Å². The number of halogens is 1. The van der Waals surface area contributed by atoms with Crippen LogP contribution in [0.1, 0.15) is 36.5 Å². The second kappa shape index (κ2) is 8.91. The summed E-state index contributed by atoms with van der Waals surface area (Å²) in [5.41, 5.74) is 0.991. The molecule has 1 aliphatic heterocycles. The number of nitrogens with zero attached hydrogens (tertiary/aromatic N) is 1. The Hall–Kier alpha value is -2.53. The Labute approximate surface area is 164 Å². The van der Waals surface area contributed by atoms with Gasteiger partial charge in [-0.05, 0) is 50.5 Å². The quantitative estimate of drug-likeness (QED) is 0.829. The van der Waals surface area contributed by atoms with E-state index in [0.717, 1.165) is 32.4 Å². The molecule has 1 atom stereocenters. The van der Waals surface area contributed by atoms with Crippen molar-refractivity contribution in [3.05, 3.63) is 59.1 Å². The lowest BCUT2D eigenvalue weighted by atomic mass is 10.1. The number of carbonyl (C=O) groups excluding carboxylic acids is 2. The summed E-state index contributed by atoms with van der Waals surface area (Å²) < 4.78 is 5.66. The normalized spacial score (nSPS) is 15.1. The third kappa shape index (κ3) is 4.80. The Morgan fingerprint density at radius 1 is 1.04 bits per heavy atom. The fourth-order valence-electron chi connectivity index (χ4n) is 3.06. The van der Waals surface area contributed by atoms with E-state index < -0.39 is 6.10 Å². The van der Waals surface area contributed by atoms with Gasteiger partial charge in [-0.3, -0.25) is 9.59 Å². The Kier molecular flexibility index (Phi) is 6.35. The maximum atomic E-state index is 12.8. The van der Waals surface area contributed by atoms with Crippen molar-refractivity contribution in [3.63, 3.8) is 0 Å². The van der Waals surface area contributed by atoms with Crippen LogP contribution in [0.3, 0.4) is 0 Å². The number of piperidine rings is 1. The van der Waals surface area contributed by atoms with Crippen molar-refractivity contribution in [1.29, 1.82) is 0 Å². The van der Waals surface area contributed by atoms with Crippen LogP contribution in [0.5, 0.6) is 5.75 Å².